The van der Waals surface area contributed by atoms with Gasteiger partial charge in [-0.1, -0.05) is 18.2 Å². The normalized spacial score (nSPS) is 21.9. The zero-order valence-electron chi connectivity index (χ0n) is 13.9. The van der Waals surface area contributed by atoms with E-state index in [-0.39, 0.29) is 11.7 Å². The summed E-state index contributed by atoms with van der Waals surface area (Å²) >= 11 is 0. The third-order valence-electron chi connectivity index (χ3n) is 5.08. The molecule has 2 heterocycles. The molecule has 0 spiro atoms. The molecule has 2 aliphatic rings. The van der Waals surface area contributed by atoms with Gasteiger partial charge < -0.3 is 15.4 Å². The number of ether oxygens (including phenoxy) is 1. The molecule has 2 aromatic carbocycles. The highest BCUT2D eigenvalue weighted by Crippen LogP contribution is 2.34. The number of hydrogen-bond acceptors (Lipinski definition) is 3. The molecule has 2 atom stereocenters. The maximum absolute atomic E-state index is 13.2. The molecule has 0 unspecified atom stereocenters. The van der Waals surface area contributed by atoms with Crippen LogP contribution in [0.25, 0.3) is 0 Å². The summed E-state index contributed by atoms with van der Waals surface area (Å²) in [6, 6.07) is 12.3. The standard InChI is InChI=1S/C20H21FN2O2/c21-15-3-1-2-13(8-15)6-7-25-16-4-5-17-18(9-16)20(24)23-11-14-10-22-12-19(14)17/h1-5,8-9,14,19,22H,6-7,10-12H2,(H,23,24)/t14-,19+/m1/s1. The summed E-state index contributed by atoms with van der Waals surface area (Å²) in [5, 5.41) is 6.42. The Morgan fingerprint density at radius 3 is 2.92 bits per heavy atom. The number of amides is 1. The first-order chi connectivity index (χ1) is 12.2. The van der Waals surface area contributed by atoms with E-state index < -0.39 is 0 Å². The second-order valence-electron chi connectivity index (χ2n) is 6.71. The average Bonchev–Trinajstić information content (AvgIpc) is 3.03. The highest BCUT2D eigenvalue weighted by Gasteiger charge is 2.34. The number of halogens is 1. The molecule has 0 radical (unpaired) electrons. The molecule has 0 aliphatic carbocycles. The van der Waals surface area contributed by atoms with Gasteiger partial charge in [0.2, 0.25) is 0 Å². The van der Waals surface area contributed by atoms with Crippen LogP contribution in [0.1, 0.15) is 27.4 Å². The minimum atomic E-state index is -0.237. The number of nitrogens with one attached hydrogen (secondary N) is 2. The second-order valence-corrected chi connectivity index (χ2v) is 6.71. The van der Waals surface area contributed by atoms with Gasteiger partial charge in [-0.25, -0.2) is 4.39 Å². The molecule has 2 aromatic rings. The fourth-order valence-corrected chi connectivity index (χ4v) is 3.75. The van der Waals surface area contributed by atoms with Crippen molar-refractivity contribution in [1.29, 1.82) is 0 Å². The number of benzene rings is 2. The first-order valence-electron chi connectivity index (χ1n) is 8.71. The lowest BCUT2D eigenvalue weighted by molar-refractivity contribution is 0.0952. The molecule has 1 saturated heterocycles. The van der Waals surface area contributed by atoms with Crippen LogP contribution in [-0.4, -0.2) is 32.1 Å². The number of hydrogen-bond donors (Lipinski definition) is 2. The molecule has 2 N–H and O–H groups in total. The Kier molecular flexibility index (Phi) is 4.40. The van der Waals surface area contributed by atoms with Crippen molar-refractivity contribution >= 4 is 5.91 Å². The van der Waals surface area contributed by atoms with Crippen molar-refractivity contribution in [3.05, 3.63) is 65.0 Å². The summed E-state index contributed by atoms with van der Waals surface area (Å²) in [7, 11) is 0. The molecule has 5 heteroatoms. The molecule has 0 saturated carbocycles. The van der Waals surface area contributed by atoms with E-state index in [1.54, 1.807) is 6.07 Å². The summed E-state index contributed by atoms with van der Waals surface area (Å²) in [4.78, 5) is 12.4. The molecule has 0 aromatic heterocycles. The molecular formula is C20H21FN2O2. The Morgan fingerprint density at radius 1 is 1.12 bits per heavy atom. The molecular weight excluding hydrogens is 319 g/mol. The van der Waals surface area contributed by atoms with Crippen molar-refractivity contribution in [2.24, 2.45) is 5.92 Å². The van der Waals surface area contributed by atoms with Crippen LogP contribution in [0.2, 0.25) is 0 Å². The Morgan fingerprint density at radius 2 is 2.04 bits per heavy atom. The van der Waals surface area contributed by atoms with E-state index in [0.29, 0.717) is 42.7 Å². The zero-order valence-corrected chi connectivity index (χ0v) is 13.9. The van der Waals surface area contributed by atoms with Crippen molar-refractivity contribution < 1.29 is 13.9 Å². The maximum atomic E-state index is 13.2. The first-order valence-corrected chi connectivity index (χ1v) is 8.71. The van der Waals surface area contributed by atoms with E-state index >= 15 is 0 Å². The van der Waals surface area contributed by atoms with Gasteiger partial charge in [0.05, 0.1) is 6.61 Å². The van der Waals surface area contributed by atoms with E-state index in [1.807, 2.05) is 24.3 Å². The minimum Gasteiger partial charge on any atom is -0.493 e. The topological polar surface area (TPSA) is 50.4 Å². The van der Waals surface area contributed by atoms with Crippen LogP contribution in [0.15, 0.2) is 42.5 Å². The number of fused-ring (bicyclic) bond motifs is 3. The van der Waals surface area contributed by atoms with Crippen molar-refractivity contribution in [3.8, 4) is 5.75 Å². The summed E-state index contributed by atoms with van der Waals surface area (Å²) in [5.74, 6) is 1.23. The van der Waals surface area contributed by atoms with Gasteiger partial charge in [-0.15, -0.1) is 0 Å². The third kappa shape index (κ3) is 3.37. The summed E-state index contributed by atoms with van der Waals surface area (Å²) in [6.07, 6.45) is 0.621. The summed E-state index contributed by atoms with van der Waals surface area (Å²) in [6.45, 7) is 3.00. The lowest BCUT2D eigenvalue weighted by Crippen LogP contribution is -2.28. The molecule has 1 amide bonds. The lowest BCUT2D eigenvalue weighted by Gasteiger charge is -2.17. The first kappa shape index (κ1) is 16.1. The van der Waals surface area contributed by atoms with E-state index in [0.717, 1.165) is 24.2 Å². The molecule has 4 nitrogen and oxygen atoms in total. The molecule has 0 bridgehead atoms. The van der Waals surface area contributed by atoms with Crippen molar-refractivity contribution in [3.63, 3.8) is 0 Å². The monoisotopic (exact) mass is 340 g/mol. The molecule has 2 aliphatic heterocycles. The van der Waals surface area contributed by atoms with Crippen LogP contribution in [0, 0.1) is 11.7 Å². The molecule has 1 fully saturated rings. The van der Waals surface area contributed by atoms with Crippen LogP contribution >= 0.6 is 0 Å². The average molecular weight is 340 g/mol. The van der Waals surface area contributed by atoms with Crippen LogP contribution in [0.4, 0.5) is 4.39 Å². The van der Waals surface area contributed by atoms with E-state index in [4.69, 9.17) is 4.74 Å². The Bertz CT molecular complexity index is 793. The maximum Gasteiger partial charge on any atom is 0.251 e. The predicted molar refractivity (Wildman–Crippen MR) is 93.5 cm³/mol. The number of carbonyl (C=O) groups excluding carboxylic acids is 1. The SMILES string of the molecule is O=C1NC[C@H]2CNC[C@@H]2c2ccc(OCCc3cccc(F)c3)cc21. The van der Waals surface area contributed by atoms with Crippen LogP contribution in [-0.2, 0) is 6.42 Å². The minimum absolute atomic E-state index is 0.0278. The molecule has 4 rings (SSSR count). The van der Waals surface area contributed by atoms with Gasteiger partial charge in [-0.05, 0) is 41.3 Å². The van der Waals surface area contributed by atoms with E-state index in [2.05, 4.69) is 10.6 Å². The number of rotatable bonds is 4. The van der Waals surface area contributed by atoms with Gasteiger partial charge in [-0.2, -0.15) is 0 Å². The van der Waals surface area contributed by atoms with E-state index in [1.165, 1.54) is 12.1 Å². The highest BCUT2D eigenvalue weighted by atomic mass is 19.1. The van der Waals surface area contributed by atoms with Gasteiger partial charge in [-0.3, -0.25) is 4.79 Å². The largest absolute Gasteiger partial charge is 0.493 e. The molecule has 130 valence electrons. The smallest absolute Gasteiger partial charge is 0.251 e. The fraction of sp³-hybridized carbons (Fsp3) is 0.350. The molecule has 25 heavy (non-hydrogen) atoms. The Labute approximate surface area is 146 Å². The predicted octanol–water partition coefficient (Wildman–Crippen LogP) is 2.49. The summed E-state index contributed by atoms with van der Waals surface area (Å²) < 4.78 is 19.0. The highest BCUT2D eigenvalue weighted by molar-refractivity contribution is 5.96. The van der Waals surface area contributed by atoms with Gasteiger partial charge in [0, 0.05) is 37.5 Å². The van der Waals surface area contributed by atoms with Gasteiger partial charge >= 0.3 is 0 Å². The second kappa shape index (κ2) is 6.84. The van der Waals surface area contributed by atoms with Crippen molar-refractivity contribution in [2.45, 2.75) is 12.3 Å². The van der Waals surface area contributed by atoms with Crippen LogP contribution in [0.3, 0.4) is 0 Å². The van der Waals surface area contributed by atoms with Crippen molar-refractivity contribution in [1.82, 2.24) is 10.6 Å². The van der Waals surface area contributed by atoms with Gasteiger partial charge in [0.1, 0.15) is 11.6 Å². The Hall–Kier alpha value is -2.40. The fourth-order valence-electron chi connectivity index (χ4n) is 3.75. The number of carbonyl (C=O) groups is 1. The quantitative estimate of drug-likeness (QED) is 0.899. The van der Waals surface area contributed by atoms with E-state index in [9.17, 15) is 9.18 Å². The Balaban J connectivity index is 1.48. The van der Waals surface area contributed by atoms with Crippen LogP contribution < -0.4 is 15.4 Å². The van der Waals surface area contributed by atoms with Gasteiger partial charge in [0.15, 0.2) is 0 Å². The summed E-state index contributed by atoms with van der Waals surface area (Å²) in [5.41, 5.74) is 2.70. The third-order valence-corrected chi connectivity index (χ3v) is 5.08. The zero-order chi connectivity index (χ0) is 17.2. The van der Waals surface area contributed by atoms with Crippen LogP contribution in [0.5, 0.6) is 5.75 Å². The van der Waals surface area contributed by atoms with Crippen molar-refractivity contribution in [2.75, 3.05) is 26.2 Å². The van der Waals surface area contributed by atoms with Gasteiger partial charge in [0.25, 0.3) is 5.91 Å². The lowest BCUT2D eigenvalue weighted by atomic mass is 9.87.